The molecule has 0 unspecified atom stereocenters. The van der Waals surface area contributed by atoms with Crippen LogP contribution in [0.4, 0.5) is 0 Å². The van der Waals surface area contributed by atoms with Crippen LogP contribution in [0.2, 0.25) is 0 Å². The Morgan fingerprint density at radius 1 is 0.656 bits per heavy atom. The third-order valence-electron chi connectivity index (χ3n) is 5.32. The average molecular weight is 441 g/mol. The van der Waals surface area contributed by atoms with Gasteiger partial charge in [-0.15, -0.1) is 0 Å². The highest BCUT2D eigenvalue weighted by Crippen LogP contribution is 2.37. The standard InChI is InChI=1S/C30H48O2/c1-6-7-8-9-10-11-12-13-14-15-16-17-18-19-20-21-22-23-24-25-26-29(2,3)27-30(4,5)28(31)32/h7-8,10-11,13-14,16-17,19-20,22-23H,6,9,12,15,18,21,24-27H2,1-5H3,(H,31,32)/b8-7-,11-10-,14-13-,17-16-,20-19-,23-22-. The number of allylic oxidation sites excluding steroid dienone is 12. The van der Waals surface area contributed by atoms with E-state index in [-0.39, 0.29) is 5.41 Å². The molecule has 0 radical (unpaired) electrons. The zero-order chi connectivity index (χ0) is 24.1. The molecule has 1 N–H and O–H groups in total. The van der Waals surface area contributed by atoms with Crippen molar-refractivity contribution in [1.29, 1.82) is 0 Å². The molecule has 0 bridgehead atoms. The number of hydrogen-bond acceptors (Lipinski definition) is 1. The third kappa shape index (κ3) is 18.7. The van der Waals surface area contributed by atoms with Crippen molar-refractivity contribution in [3.63, 3.8) is 0 Å². The van der Waals surface area contributed by atoms with Gasteiger partial charge in [-0.05, 0) is 83.5 Å². The number of unbranched alkanes of at least 4 members (excludes halogenated alkanes) is 1. The van der Waals surface area contributed by atoms with E-state index in [0.29, 0.717) is 6.42 Å². The molecule has 2 nitrogen and oxygen atoms in total. The van der Waals surface area contributed by atoms with Gasteiger partial charge >= 0.3 is 5.97 Å². The highest BCUT2D eigenvalue weighted by Gasteiger charge is 2.34. The minimum atomic E-state index is -0.706. The first-order chi connectivity index (χ1) is 15.2. The van der Waals surface area contributed by atoms with Gasteiger partial charge in [-0.2, -0.15) is 0 Å². The number of rotatable bonds is 18. The molecule has 2 heteroatoms. The monoisotopic (exact) mass is 440 g/mol. The predicted molar refractivity (Wildman–Crippen MR) is 142 cm³/mol. The van der Waals surface area contributed by atoms with Crippen LogP contribution in [-0.4, -0.2) is 11.1 Å². The van der Waals surface area contributed by atoms with Crippen molar-refractivity contribution < 1.29 is 9.90 Å². The highest BCUT2D eigenvalue weighted by molar-refractivity contribution is 5.73. The molecule has 0 aromatic rings. The van der Waals surface area contributed by atoms with Gasteiger partial charge in [0.25, 0.3) is 0 Å². The van der Waals surface area contributed by atoms with Crippen molar-refractivity contribution in [2.45, 2.75) is 98.8 Å². The highest BCUT2D eigenvalue weighted by atomic mass is 16.4. The van der Waals surface area contributed by atoms with Crippen LogP contribution >= 0.6 is 0 Å². The summed E-state index contributed by atoms with van der Waals surface area (Å²) in [5, 5.41) is 9.32. The molecule has 0 aliphatic carbocycles. The van der Waals surface area contributed by atoms with Gasteiger partial charge in [0, 0.05) is 0 Å². The van der Waals surface area contributed by atoms with E-state index < -0.39 is 11.4 Å². The van der Waals surface area contributed by atoms with E-state index in [9.17, 15) is 9.90 Å². The minimum absolute atomic E-state index is 0.0553. The number of carboxylic acids is 1. The summed E-state index contributed by atoms with van der Waals surface area (Å²) >= 11 is 0. The molecular weight excluding hydrogens is 392 g/mol. The molecule has 0 saturated carbocycles. The second-order valence-corrected chi connectivity index (χ2v) is 9.84. The molecule has 0 spiro atoms. The van der Waals surface area contributed by atoms with Crippen molar-refractivity contribution in [1.82, 2.24) is 0 Å². The summed E-state index contributed by atoms with van der Waals surface area (Å²) < 4.78 is 0. The maximum absolute atomic E-state index is 11.3. The minimum Gasteiger partial charge on any atom is -0.481 e. The Kier molecular flexibility index (Phi) is 17.3. The first-order valence-corrected chi connectivity index (χ1v) is 12.3. The second kappa shape index (κ2) is 18.5. The van der Waals surface area contributed by atoms with Crippen LogP contribution in [0.15, 0.2) is 72.9 Å². The Bertz CT molecular complexity index is 654. The fourth-order valence-electron chi connectivity index (χ4n) is 3.70. The molecule has 0 fully saturated rings. The van der Waals surface area contributed by atoms with Crippen LogP contribution in [-0.2, 0) is 4.79 Å². The lowest BCUT2D eigenvalue weighted by Crippen LogP contribution is -2.30. The SMILES string of the molecule is CC/C=C\C/C=C\C/C=C\C/C=C\C/C=C\C/C=C\CCCC(C)(C)CC(C)(C)C(=O)O. The number of hydrogen-bond donors (Lipinski definition) is 1. The van der Waals surface area contributed by atoms with Crippen LogP contribution in [0.5, 0.6) is 0 Å². The van der Waals surface area contributed by atoms with Gasteiger partial charge in [0.1, 0.15) is 0 Å². The van der Waals surface area contributed by atoms with E-state index in [1.807, 2.05) is 13.8 Å². The summed E-state index contributed by atoms with van der Waals surface area (Å²) in [5.41, 5.74) is -0.600. The van der Waals surface area contributed by atoms with E-state index >= 15 is 0 Å². The van der Waals surface area contributed by atoms with E-state index in [0.717, 1.165) is 57.8 Å². The quantitative estimate of drug-likeness (QED) is 0.170. The van der Waals surface area contributed by atoms with Crippen LogP contribution in [0, 0.1) is 10.8 Å². The topological polar surface area (TPSA) is 37.3 Å². The Hall–Kier alpha value is -2.09. The lowest BCUT2D eigenvalue weighted by atomic mass is 9.72. The second-order valence-electron chi connectivity index (χ2n) is 9.84. The van der Waals surface area contributed by atoms with Crippen LogP contribution in [0.25, 0.3) is 0 Å². The molecular formula is C30H48O2. The summed E-state index contributed by atoms with van der Waals surface area (Å²) in [6.07, 6.45) is 36.7. The maximum Gasteiger partial charge on any atom is 0.309 e. The number of carbonyl (C=O) groups is 1. The number of aliphatic carboxylic acids is 1. The van der Waals surface area contributed by atoms with Crippen molar-refractivity contribution in [3.05, 3.63) is 72.9 Å². The summed E-state index contributed by atoms with van der Waals surface area (Å²) in [6.45, 7) is 10.2. The van der Waals surface area contributed by atoms with Gasteiger partial charge in [0.2, 0.25) is 0 Å². The van der Waals surface area contributed by atoms with Crippen molar-refractivity contribution in [3.8, 4) is 0 Å². The molecule has 0 aliphatic rings. The van der Waals surface area contributed by atoms with Gasteiger partial charge in [-0.3, -0.25) is 4.79 Å². The summed E-state index contributed by atoms with van der Waals surface area (Å²) in [4.78, 5) is 11.3. The Morgan fingerprint density at radius 2 is 1.03 bits per heavy atom. The normalized spacial score (nSPS) is 13.9. The summed E-state index contributed by atoms with van der Waals surface area (Å²) in [5.74, 6) is -0.706. The molecule has 0 saturated heterocycles. The Morgan fingerprint density at radius 3 is 1.41 bits per heavy atom. The molecule has 0 atom stereocenters. The fourth-order valence-corrected chi connectivity index (χ4v) is 3.70. The van der Waals surface area contributed by atoms with E-state index in [1.165, 1.54) is 0 Å². The van der Waals surface area contributed by atoms with E-state index in [1.54, 1.807) is 0 Å². The zero-order valence-corrected chi connectivity index (χ0v) is 21.4. The molecule has 32 heavy (non-hydrogen) atoms. The van der Waals surface area contributed by atoms with Gasteiger partial charge in [-0.1, -0.05) is 93.7 Å². The zero-order valence-electron chi connectivity index (χ0n) is 21.4. The Labute approximate surface area is 198 Å². The lowest BCUT2D eigenvalue weighted by Gasteiger charge is -2.32. The first-order valence-electron chi connectivity index (χ1n) is 12.3. The molecule has 0 heterocycles. The first kappa shape index (κ1) is 29.9. The van der Waals surface area contributed by atoms with Gasteiger partial charge in [-0.25, -0.2) is 0 Å². The van der Waals surface area contributed by atoms with Crippen molar-refractivity contribution in [2.75, 3.05) is 0 Å². The van der Waals surface area contributed by atoms with Crippen molar-refractivity contribution in [2.24, 2.45) is 10.8 Å². The molecule has 0 amide bonds. The van der Waals surface area contributed by atoms with Gasteiger partial charge in [0.15, 0.2) is 0 Å². The van der Waals surface area contributed by atoms with Gasteiger partial charge < -0.3 is 5.11 Å². The lowest BCUT2D eigenvalue weighted by molar-refractivity contribution is -0.148. The third-order valence-corrected chi connectivity index (χ3v) is 5.32. The predicted octanol–water partition coefficient (Wildman–Crippen LogP) is 9.38. The van der Waals surface area contributed by atoms with E-state index in [2.05, 4.69) is 93.7 Å². The van der Waals surface area contributed by atoms with Crippen LogP contribution in [0.1, 0.15) is 98.8 Å². The summed E-state index contributed by atoms with van der Waals surface area (Å²) in [6, 6.07) is 0. The maximum atomic E-state index is 11.3. The summed E-state index contributed by atoms with van der Waals surface area (Å²) in [7, 11) is 0. The Balaban J connectivity index is 3.79. The average Bonchev–Trinajstić information content (AvgIpc) is 2.71. The molecule has 180 valence electrons. The van der Waals surface area contributed by atoms with Gasteiger partial charge in [0.05, 0.1) is 5.41 Å². The van der Waals surface area contributed by atoms with E-state index in [4.69, 9.17) is 0 Å². The molecule has 0 aromatic carbocycles. The smallest absolute Gasteiger partial charge is 0.309 e. The molecule has 0 rings (SSSR count). The van der Waals surface area contributed by atoms with Crippen LogP contribution < -0.4 is 0 Å². The van der Waals surface area contributed by atoms with Crippen molar-refractivity contribution >= 4 is 5.97 Å². The largest absolute Gasteiger partial charge is 0.481 e. The fraction of sp³-hybridized carbons (Fsp3) is 0.567. The molecule has 0 aliphatic heterocycles. The van der Waals surface area contributed by atoms with Crippen LogP contribution in [0.3, 0.4) is 0 Å². The molecule has 0 aromatic heterocycles. The number of carboxylic acid groups (broad SMARTS) is 1.